The van der Waals surface area contributed by atoms with Crippen LogP contribution in [0.15, 0.2) is 42.5 Å². The predicted molar refractivity (Wildman–Crippen MR) is 109 cm³/mol. The minimum absolute atomic E-state index is 0.430. The number of benzene rings is 2. The molecule has 1 amide bonds. The van der Waals surface area contributed by atoms with Crippen molar-refractivity contribution < 1.29 is 14.6 Å². The van der Waals surface area contributed by atoms with Gasteiger partial charge in [-0.05, 0) is 68.8 Å². The van der Waals surface area contributed by atoms with E-state index < -0.39 is 6.09 Å². The van der Waals surface area contributed by atoms with Gasteiger partial charge in [0, 0.05) is 23.2 Å². The third kappa shape index (κ3) is 4.54. The first-order valence-corrected chi connectivity index (χ1v) is 9.52. The van der Waals surface area contributed by atoms with Crippen LogP contribution < -0.4 is 9.64 Å². The lowest BCUT2D eigenvalue weighted by Crippen LogP contribution is -2.35. The smallest absolute Gasteiger partial charge is 0.411 e. The maximum atomic E-state index is 12.0. The van der Waals surface area contributed by atoms with E-state index in [1.165, 1.54) is 11.3 Å². The molecule has 1 saturated heterocycles. The highest BCUT2D eigenvalue weighted by molar-refractivity contribution is 6.30. The Hall–Kier alpha value is -2.24. The van der Waals surface area contributed by atoms with E-state index in [4.69, 9.17) is 16.3 Å². The van der Waals surface area contributed by atoms with Crippen molar-refractivity contribution in [3.63, 3.8) is 0 Å². The molecule has 0 spiro atoms. The van der Waals surface area contributed by atoms with Crippen molar-refractivity contribution in [1.29, 1.82) is 0 Å². The van der Waals surface area contributed by atoms with E-state index in [1.807, 2.05) is 30.3 Å². The highest BCUT2D eigenvalue weighted by Crippen LogP contribution is 2.36. The molecule has 2 aromatic rings. The summed E-state index contributed by atoms with van der Waals surface area (Å²) in [6, 6.07) is 13.3. The van der Waals surface area contributed by atoms with Crippen molar-refractivity contribution in [3.8, 4) is 16.9 Å². The van der Waals surface area contributed by atoms with Crippen molar-refractivity contribution >= 4 is 23.4 Å². The van der Waals surface area contributed by atoms with Crippen molar-refractivity contribution in [1.82, 2.24) is 4.90 Å². The summed E-state index contributed by atoms with van der Waals surface area (Å²) in [5.41, 5.74) is 2.30. The Morgan fingerprint density at radius 3 is 2.78 bits per heavy atom. The average Bonchev–Trinajstić information content (AvgIpc) is 3.06. The number of ether oxygens (including phenoxy) is 1. The van der Waals surface area contributed by atoms with Gasteiger partial charge in [-0.2, -0.15) is 0 Å². The van der Waals surface area contributed by atoms with Crippen LogP contribution in [0.5, 0.6) is 5.75 Å². The molecule has 0 saturated carbocycles. The number of halogens is 1. The van der Waals surface area contributed by atoms with E-state index in [2.05, 4.69) is 11.9 Å². The van der Waals surface area contributed by atoms with E-state index >= 15 is 0 Å². The van der Waals surface area contributed by atoms with E-state index in [-0.39, 0.29) is 0 Å². The van der Waals surface area contributed by atoms with Gasteiger partial charge in [-0.25, -0.2) is 4.79 Å². The van der Waals surface area contributed by atoms with Crippen LogP contribution in [0.25, 0.3) is 11.1 Å². The molecule has 1 fully saturated rings. The van der Waals surface area contributed by atoms with E-state index in [0.717, 1.165) is 30.5 Å². The minimum Gasteiger partial charge on any atom is -0.497 e. The fraction of sp³-hybridized carbons (Fsp3) is 0.381. The number of hydrogen-bond donors (Lipinski definition) is 1. The second-order valence-corrected chi connectivity index (χ2v) is 7.33. The van der Waals surface area contributed by atoms with Crippen molar-refractivity contribution in [2.45, 2.75) is 25.3 Å². The molecule has 1 unspecified atom stereocenters. The van der Waals surface area contributed by atoms with Gasteiger partial charge < -0.3 is 14.7 Å². The molecule has 1 atom stereocenters. The van der Waals surface area contributed by atoms with Crippen molar-refractivity contribution in [3.05, 3.63) is 47.5 Å². The molecule has 1 heterocycles. The molecule has 5 nitrogen and oxygen atoms in total. The Labute approximate surface area is 165 Å². The molecule has 0 aromatic heterocycles. The highest BCUT2D eigenvalue weighted by atomic mass is 35.5. The average molecular weight is 389 g/mol. The molecule has 3 rings (SSSR count). The van der Waals surface area contributed by atoms with Crippen LogP contribution in [0.2, 0.25) is 5.02 Å². The SMILES string of the molecule is COc1ccc(N(CCC2CCCN2C)C(=O)O)c(-c2cccc(Cl)c2)c1. The lowest BCUT2D eigenvalue weighted by atomic mass is 10.0. The van der Waals surface area contributed by atoms with Gasteiger partial charge in [-0.15, -0.1) is 0 Å². The molecule has 1 aliphatic heterocycles. The zero-order valence-electron chi connectivity index (χ0n) is 15.7. The molecular weight excluding hydrogens is 364 g/mol. The number of nitrogens with zero attached hydrogens (tertiary/aromatic N) is 2. The van der Waals surface area contributed by atoms with Gasteiger partial charge in [0.15, 0.2) is 0 Å². The third-order valence-electron chi connectivity index (χ3n) is 5.22. The summed E-state index contributed by atoms with van der Waals surface area (Å²) >= 11 is 6.16. The Morgan fingerprint density at radius 2 is 2.15 bits per heavy atom. The molecule has 2 aromatic carbocycles. The number of likely N-dealkylation sites (tertiary alicyclic amines) is 1. The highest BCUT2D eigenvalue weighted by Gasteiger charge is 2.25. The van der Waals surface area contributed by atoms with Gasteiger partial charge in [0.1, 0.15) is 5.75 Å². The maximum absolute atomic E-state index is 12.0. The first kappa shape index (κ1) is 19.5. The Kier molecular flexibility index (Phi) is 6.24. The third-order valence-corrected chi connectivity index (χ3v) is 5.45. The molecule has 27 heavy (non-hydrogen) atoms. The number of amides is 1. The summed E-state index contributed by atoms with van der Waals surface area (Å²) in [5.74, 6) is 0.676. The summed E-state index contributed by atoms with van der Waals surface area (Å²) in [6.45, 7) is 1.53. The monoisotopic (exact) mass is 388 g/mol. The molecule has 1 N–H and O–H groups in total. The number of anilines is 1. The molecule has 144 valence electrons. The molecule has 0 radical (unpaired) electrons. The first-order valence-electron chi connectivity index (χ1n) is 9.14. The number of carbonyl (C=O) groups is 1. The van der Waals surface area contributed by atoms with Gasteiger partial charge in [-0.3, -0.25) is 4.90 Å². The second-order valence-electron chi connectivity index (χ2n) is 6.89. The van der Waals surface area contributed by atoms with E-state index in [9.17, 15) is 9.90 Å². The summed E-state index contributed by atoms with van der Waals surface area (Å²) in [7, 11) is 3.70. The van der Waals surface area contributed by atoms with E-state index in [0.29, 0.717) is 29.0 Å². The fourth-order valence-electron chi connectivity index (χ4n) is 3.71. The Morgan fingerprint density at radius 1 is 1.33 bits per heavy atom. The molecule has 1 aliphatic rings. The normalized spacial score (nSPS) is 17.1. The first-order chi connectivity index (χ1) is 13.0. The zero-order valence-corrected chi connectivity index (χ0v) is 16.4. The van der Waals surface area contributed by atoms with Gasteiger partial charge >= 0.3 is 6.09 Å². The van der Waals surface area contributed by atoms with Crippen LogP contribution in [-0.2, 0) is 0 Å². The molecule has 0 bridgehead atoms. The maximum Gasteiger partial charge on any atom is 0.411 e. The summed E-state index contributed by atoms with van der Waals surface area (Å²) < 4.78 is 5.35. The lowest BCUT2D eigenvalue weighted by molar-refractivity contribution is 0.200. The van der Waals surface area contributed by atoms with Crippen LogP contribution >= 0.6 is 11.6 Å². The summed E-state index contributed by atoms with van der Waals surface area (Å²) in [4.78, 5) is 15.8. The summed E-state index contributed by atoms with van der Waals surface area (Å²) in [6.07, 6.45) is 2.14. The van der Waals surface area contributed by atoms with Crippen LogP contribution in [-0.4, -0.2) is 49.4 Å². The van der Waals surface area contributed by atoms with Crippen LogP contribution in [0, 0.1) is 0 Å². The van der Waals surface area contributed by atoms with Gasteiger partial charge in [-0.1, -0.05) is 23.7 Å². The van der Waals surface area contributed by atoms with Crippen molar-refractivity contribution in [2.24, 2.45) is 0 Å². The molecule has 0 aliphatic carbocycles. The zero-order chi connectivity index (χ0) is 19.4. The van der Waals surface area contributed by atoms with Crippen LogP contribution in [0.4, 0.5) is 10.5 Å². The summed E-state index contributed by atoms with van der Waals surface area (Å²) in [5, 5.41) is 10.5. The Bertz CT molecular complexity index is 812. The van der Waals surface area contributed by atoms with Crippen LogP contribution in [0.1, 0.15) is 19.3 Å². The lowest BCUT2D eigenvalue weighted by Gasteiger charge is -2.26. The number of carboxylic acid groups (broad SMARTS) is 1. The molecule has 6 heteroatoms. The standard InChI is InChI=1S/C21H25ClN2O3/c1-23-11-4-7-17(23)10-12-24(21(25)26)20-9-8-18(27-2)14-19(20)15-5-3-6-16(22)13-15/h3,5-6,8-9,13-14,17H,4,7,10-12H2,1-2H3,(H,25,26). The largest absolute Gasteiger partial charge is 0.497 e. The van der Waals surface area contributed by atoms with Gasteiger partial charge in [0.05, 0.1) is 12.8 Å². The predicted octanol–water partition coefficient (Wildman–Crippen LogP) is 4.98. The van der Waals surface area contributed by atoms with Gasteiger partial charge in [0.25, 0.3) is 0 Å². The van der Waals surface area contributed by atoms with E-state index in [1.54, 1.807) is 19.2 Å². The number of methoxy groups -OCH3 is 1. The second kappa shape index (κ2) is 8.63. The van der Waals surface area contributed by atoms with Crippen molar-refractivity contribution in [2.75, 3.05) is 32.1 Å². The molecular formula is C21H25ClN2O3. The number of hydrogen-bond acceptors (Lipinski definition) is 3. The van der Waals surface area contributed by atoms with Gasteiger partial charge in [0.2, 0.25) is 0 Å². The Balaban J connectivity index is 1.95. The topological polar surface area (TPSA) is 53.0 Å². The number of rotatable bonds is 6. The van der Waals surface area contributed by atoms with Crippen LogP contribution in [0.3, 0.4) is 0 Å². The minimum atomic E-state index is -0.955. The fourth-order valence-corrected chi connectivity index (χ4v) is 3.90. The quantitative estimate of drug-likeness (QED) is 0.757.